The van der Waals surface area contributed by atoms with Gasteiger partial charge >= 0.3 is 0 Å². The summed E-state index contributed by atoms with van der Waals surface area (Å²) >= 11 is 0. The lowest BCUT2D eigenvalue weighted by atomic mass is 9.94. The Labute approximate surface area is 101 Å². The molecule has 0 spiro atoms. The van der Waals surface area contributed by atoms with E-state index < -0.39 is 0 Å². The van der Waals surface area contributed by atoms with Crippen LogP contribution in [0.1, 0.15) is 26.2 Å². The molecule has 96 valence electrons. The van der Waals surface area contributed by atoms with Gasteiger partial charge in [-0.1, -0.05) is 13.3 Å². The Morgan fingerprint density at radius 1 is 1.19 bits per heavy atom. The minimum absolute atomic E-state index is 0.998. The summed E-state index contributed by atoms with van der Waals surface area (Å²) in [6, 6.07) is 0. The first-order valence-corrected chi connectivity index (χ1v) is 6.80. The first-order valence-electron chi connectivity index (χ1n) is 6.80. The van der Waals surface area contributed by atoms with Gasteiger partial charge in [-0.3, -0.25) is 0 Å². The Bertz CT molecular complexity index is 163. The van der Waals surface area contributed by atoms with Gasteiger partial charge in [0.15, 0.2) is 0 Å². The van der Waals surface area contributed by atoms with E-state index in [0.717, 1.165) is 25.6 Å². The number of likely N-dealkylation sites (N-methyl/N-ethyl adjacent to an activating group) is 1. The molecule has 1 N–H and O–H groups in total. The number of rotatable bonds is 7. The van der Waals surface area contributed by atoms with E-state index in [2.05, 4.69) is 36.1 Å². The molecule has 1 saturated heterocycles. The highest BCUT2D eigenvalue weighted by atomic mass is 15.1. The molecule has 1 rings (SSSR count). The summed E-state index contributed by atoms with van der Waals surface area (Å²) in [6.07, 6.45) is 4.19. The highest BCUT2D eigenvalue weighted by Crippen LogP contribution is 2.19. The van der Waals surface area contributed by atoms with E-state index in [1.807, 2.05) is 0 Å². The van der Waals surface area contributed by atoms with Crippen LogP contribution in [0.5, 0.6) is 0 Å². The molecule has 0 aromatic heterocycles. The zero-order valence-electron chi connectivity index (χ0n) is 11.3. The van der Waals surface area contributed by atoms with Gasteiger partial charge in [-0.25, -0.2) is 0 Å². The Morgan fingerprint density at radius 2 is 1.88 bits per heavy atom. The third kappa shape index (κ3) is 5.83. The molecular weight excluding hydrogens is 198 g/mol. The van der Waals surface area contributed by atoms with E-state index in [4.69, 9.17) is 0 Å². The fourth-order valence-electron chi connectivity index (χ4n) is 2.28. The summed E-state index contributed by atoms with van der Waals surface area (Å²) < 4.78 is 0. The molecule has 0 radical (unpaired) electrons. The molecule has 0 bridgehead atoms. The van der Waals surface area contributed by atoms with Crippen LogP contribution in [0.3, 0.4) is 0 Å². The minimum Gasteiger partial charge on any atom is -0.314 e. The molecular formula is C13H29N3. The maximum Gasteiger partial charge on any atom is 0.0107 e. The number of hydrogen-bond acceptors (Lipinski definition) is 3. The molecule has 1 heterocycles. The van der Waals surface area contributed by atoms with Crippen LogP contribution >= 0.6 is 0 Å². The normalized spacial score (nSPS) is 19.5. The van der Waals surface area contributed by atoms with E-state index in [1.165, 1.54) is 38.9 Å². The lowest BCUT2D eigenvalue weighted by Crippen LogP contribution is -2.39. The van der Waals surface area contributed by atoms with Crippen molar-refractivity contribution in [1.82, 2.24) is 15.1 Å². The van der Waals surface area contributed by atoms with Crippen LogP contribution in [0.25, 0.3) is 0 Å². The number of nitrogens with zero attached hydrogens (tertiary/aromatic N) is 2. The molecule has 0 unspecified atom stereocenters. The van der Waals surface area contributed by atoms with Gasteiger partial charge in [0.2, 0.25) is 0 Å². The molecule has 0 aromatic rings. The highest BCUT2D eigenvalue weighted by Gasteiger charge is 2.16. The van der Waals surface area contributed by atoms with Crippen LogP contribution in [0.2, 0.25) is 0 Å². The average Bonchev–Trinajstić information content (AvgIpc) is 2.29. The number of likely N-dealkylation sites (tertiary alicyclic amines) is 1. The van der Waals surface area contributed by atoms with Crippen LogP contribution in [0.4, 0.5) is 0 Å². The molecule has 0 aromatic carbocycles. The van der Waals surface area contributed by atoms with Crippen molar-refractivity contribution in [3.8, 4) is 0 Å². The van der Waals surface area contributed by atoms with Crippen LogP contribution in [0.15, 0.2) is 0 Å². The SMILES string of the molecule is CCC1CCN(CCNCCN(C)C)CC1. The Balaban J connectivity index is 1.94. The maximum absolute atomic E-state index is 3.51. The smallest absolute Gasteiger partial charge is 0.0107 e. The average molecular weight is 227 g/mol. The second kappa shape index (κ2) is 8.04. The van der Waals surface area contributed by atoms with Crippen molar-refractivity contribution in [2.45, 2.75) is 26.2 Å². The van der Waals surface area contributed by atoms with Crippen molar-refractivity contribution in [2.24, 2.45) is 5.92 Å². The zero-order chi connectivity index (χ0) is 11.8. The van der Waals surface area contributed by atoms with E-state index >= 15 is 0 Å². The predicted octanol–water partition coefficient (Wildman–Crippen LogP) is 1.26. The lowest BCUT2D eigenvalue weighted by molar-refractivity contribution is 0.182. The molecule has 0 atom stereocenters. The van der Waals surface area contributed by atoms with Gasteiger partial charge in [-0.05, 0) is 45.9 Å². The summed E-state index contributed by atoms with van der Waals surface area (Å²) in [5.74, 6) is 0.998. The standard InChI is InChI=1S/C13H29N3/c1-4-13-5-9-16(10-6-13)12-8-14-7-11-15(2)3/h13-14H,4-12H2,1-3H3. The van der Waals surface area contributed by atoms with Gasteiger partial charge in [-0.2, -0.15) is 0 Å². The summed E-state index contributed by atoms with van der Waals surface area (Å²) in [5, 5.41) is 3.51. The molecule has 0 amide bonds. The van der Waals surface area contributed by atoms with Crippen molar-refractivity contribution in [3.63, 3.8) is 0 Å². The van der Waals surface area contributed by atoms with Gasteiger partial charge in [-0.15, -0.1) is 0 Å². The fraction of sp³-hybridized carbons (Fsp3) is 1.00. The molecule has 1 fully saturated rings. The van der Waals surface area contributed by atoms with E-state index in [0.29, 0.717) is 0 Å². The quantitative estimate of drug-likeness (QED) is 0.661. The van der Waals surface area contributed by atoms with Gasteiger partial charge in [0.25, 0.3) is 0 Å². The highest BCUT2D eigenvalue weighted by molar-refractivity contribution is 4.71. The molecule has 3 heteroatoms. The molecule has 3 nitrogen and oxygen atoms in total. The topological polar surface area (TPSA) is 18.5 Å². The number of hydrogen-bond donors (Lipinski definition) is 1. The first-order chi connectivity index (χ1) is 7.72. The maximum atomic E-state index is 3.51. The van der Waals surface area contributed by atoms with E-state index in [-0.39, 0.29) is 0 Å². The lowest BCUT2D eigenvalue weighted by Gasteiger charge is -2.31. The fourth-order valence-corrected chi connectivity index (χ4v) is 2.28. The van der Waals surface area contributed by atoms with Gasteiger partial charge < -0.3 is 15.1 Å². The van der Waals surface area contributed by atoms with Crippen LogP contribution in [0, 0.1) is 5.92 Å². The van der Waals surface area contributed by atoms with E-state index in [9.17, 15) is 0 Å². The van der Waals surface area contributed by atoms with Gasteiger partial charge in [0, 0.05) is 26.2 Å². The van der Waals surface area contributed by atoms with Gasteiger partial charge in [0.1, 0.15) is 0 Å². The second-order valence-corrected chi connectivity index (χ2v) is 5.25. The van der Waals surface area contributed by atoms with Gasteiger partial charge in [0.05, 0.1) is 0 Å². The van der Waals surface area contributed by atoms with Crippen molar-refractivity contribution in [3.05, 3.63) is 0 Å². The minimum atomic E-state index is 0.998. The molecule has 1 aliphatic heterocycles. The molecule has 1 aliphatic rings. The van der Waals surface area contributed by atoms with Crippen molar-refractivity contribution >= 4 is 0 Å². The predicted molar refractivity (Wildman–Crippen MR) is 70.9 cm³/mol. The third-order valence-corrected chi connectivity index (χ3v) is 3.63. The Morgan fingerprint density at radius 3 is 2.44 bits per heavy atom. The third-order valence-electron chi connectivity index (χ3n) is 3.63. The van der Waals surface area contributed by atoms with Crippen molar-refractivity contribution in [2.75, 3.05) is 53.4 Å². The Kier molecular flexibility index (Phi) is 7.01. The molecule has 0 aliphatic carbocycles. The second-order valence-electron chi connectivity index (χ2n) is 5.25. The van der Waals surface area contributed by atoms with Crippen LogP contribution < -0.4 is 5.32 Å². The number of nitrogens with one attached hydrogen (secondary N) is 1. The Hall–Kier alpha value is -0.120. The summed E-state index contributed by atoms with van der Waals surface area (Å²) in [7, 11) is 4.24. The summed E-state index contributed by atoms with van der Waals surface area (Å²) in [6.45, 7) is 9.57. The molecule has 16 heavy (non-hydrogen) atoms. The monoisotopic (exact) mass is 227 g/mol. The molecule has 0 saturated carbocycles. The summed E-state index contributed by atoms with van der Waals surface area (Å²) in [4.78, 5) is 4.83. The van der Waals surface area contributed by atoms with E-state index in [1.54, 1.807) is 0 Å². The largest absolute Gasteiger partial charge is 0.314 e. The van der Waals surface area contributed by atoms with Crippen LogP contribution in [-0.2, 0) is 0 Å². The number of piperidine rings is 1. The van der Waals surface area contributed by atoms with Crippen molar-refractivity contribution < 1.29 is 0 Å². The summed E-state index contributed by atoms with van der Waals surface area (Å²) in [5.41, 5.74) is 0. The van der Waals surface area contributed by atoms with Crippen molar-refractivity contribution in [1.29, 1.82) is 0 Å². The van der Waals surface area contributed by atoms with Crippen LogP contribution in [-0.4, -0.2) is 63.2 Å². The zero-order valence-corrected chi connectivity index (χ0v) is 11.3. The first kappa shape index (κ1) is 13.9.